The molecule has 0 aliphatic rings. The third-order valence-electron chi connectivity index (χ3n) is 2.56. The number of nitrogens with zero attached hydrogens (tertiary/aromatic N) is 2. The first-order valence-corrected chi connectivity index (χ1v) is 6.05. The lowest BCUT2D eigenvalue weighted by Gasteiger charge is -2.10. The van der Waals surface area contributed by atoms with Crippen molar-refractivity contribution in [2.75, 3.05) is 39.3 Å². The molecule has 0 aliphatic carbocycles. The molecule has 0 bridgehead atoms. The number of hydrogen-bond acceptors (Lipinski definition) is 3. The van der Waals surface area contributed by atoms with Gasteiger partial charge in [0.25, 0.3) is 5.91 Å². The highest BCUT2D eigenvalue weighted by Crippen LogP contribution is 2.05. The quantitative estimate of drug-likeness (QED) is 0.557. The molecule has 1 aromatic heterocycles. The number of methoxy groups -OCH3 is 1. The van der Waals surface area contributed by atoms with E-state index in [2.05, 4.69) is 5.32 Å². The predicted octanol–water partition coefficient (Wildman–Crippen LogP) is 0.193. The Morgan fingerprint density at radius 3 is 2.61 bits per heavy atom. The Morgan fingerprint density at radius 2 is 2.06 bits per heavy atom. The molecular weight excluding hydrogens is 230 g/mol. The first-order valence-electron chi connectivity index (χ1n) is 6.05. The molecule has 0 atom stereocenters. The molecule has 0 spiro atoms. The third kappa shape index (κ3) is 5.14. The molecule has 5 heteroatoms. The first-order chi connectivity index (χ1) is 8.63. The fraction of sp³-hybridized carbons (Fsp3) is 0.538. The highest BCUT2D eigenvalue weighted by atomic mass is 16.5. The monoisotopic (exact) mass is 252 g/mol. The summed E-state index contributed by atoms with van der Waals surface area (Å²) in [5, 5.41) is 2.85. The fourth-order valence-electron chi connectivity index (χ4n) is 1.52. The molecule has 100 valence electrons. The van der Waals surface area contributed by atoms with Gasteiger partial charge >= 0.3 is 0 Å². The highest BCUT2D eigenvalue weighted by molar-refractivity contribution is 5.74. The number of carbonyl (C=O) groups is 1. The van der Waals surface area contributed by atoms with E-state index in [9.17, 15) is 4.79 Å². The molecular formula is C13H22N3O2+. The van der Waals surface area contributed by atoms with Gasteiger partial charge in [-0.3, -0.25) is 4.79 Å². The van der Waals surface area contributed by atoms with E-state index in [-0.39, 0.29) is 5.91 Å². The summed E-state index contributed by atoms with van der Waals surface area (Å²) in [4.78, 5) is 13.6. The SMILES string of the molecule is COCCCNC(=O)C[n+]1ccc(N(C)C)cc1. The smallest absolute Gasteiger partial charge is 0.285 e. The minimum atomic E-state index is 0.0220. The van der Waals surface area contributed by atoms with Crippen LogP contribution in [0.15, 0.2) is 24.5 Å². The summed E-state index contributed by atoms with van der Waals surface area (Å²) in [6.07, 6.45) is 4.65. The Hall–Kier alpha value is -1.62. The molecule has 18 heavy (non-hydrogen) atoms. The lowest BCUT2D eigenvalue weighted by Crippen LogP contribution is -2.42. The molecule has 5 nitrogen and oxygen atoms in total. The van der Waals surface area contributed by atoms with Crippen molar-refractivity contribution in [3.63, 3.8) is 0 Å². The van der Waals surface area contributed by atoms with Crippen molar-refractivity contribution in [2.24, 2.45) is 0 Å². The Labute approximate surface area is 108 Å². The minimum Gasteiger partial charge on any atom is -0.385 e. The molecule has 0 radical (unpaired) electrons. The van der Waals surface area contributed by atoms with E-state index in [1.54, 1.807) is 7.11 Å². The maximum Gasteiger partial charge on any atom is 0.285 e. The van der Waals surface area contributed by atoms with Gasteiger partial charge in [0.1, 0.15) is 0 Å². The van der Waals surface area contributed by atoms with Crippen LogP contribution in [0.25, 0.3) is 0 Å². The van der Waals surface area contributed by atoms with Crippen LogP contribution in [0.5, 0.6) is 0 Å². The summed E-state index contributed by atoms with van der Waals surface area (Å²) in [6.45, 7) is 1.68. The third-order valence-corrected chi connectivity index (χ3v) is 2.56. The molecule has 0 saturated heterocycles. The van der Waals surface area contributed by atoms with Crippen LogP contribution in [-0.4, -0.2) is 40.3 Å². The van der Waals surface area contributed by atoms with Gasteiger partial charge in [0.15, 0.2) is 12.4 Å². The zero-order valence-corrected chi connectivity index (χ0v) is 11.3. The number of hydrogen-bond donors (Lipinski definition) is 1. The topological polar surface area (TPSA) is 45.5 Å². The maximum atomic E-state index is 11.6. The van der Waals surface area contributed by atoms with Crippen LogP contribution in [0.1, 0.15) is 6.42 Å². The maximum absolute atomic E-state index is 11.6. The van der Waals surface area contributed by atoms with E-state index in [0.29, 0.717) is 19.7 Å². The van der Waals surface area contributed by atoms with Crippen LogP contribution in [0.4, 0.5) is 5.69 Å². The average molecular weight is 252 g/mol. The Morgan fingerprint density at radius 1 is 1.39 bits per heavy atom. The summed E-state index contributed by atoms with van der Waals surface area (Å²) in [5.74, 6) is 0.0220. The molecule has 1 N–H and O–H groups in total. The number of anilines is 1. The van der Waals surface area contributed by atoms with Crippen molar-refractivity contribution in [3.8, 4) is 0 Å². The lowest BCUT2D eigenvalue weighted by atomic mass is 10.3. The molecule has 0 fully saturated rings. The van der Waals surface area contributed by atoms with Crippen molar-refractivity contribution >= 4 is 11.6 Å². The van der Waals surface area contributed by atoms with Crippen molar-refractivity contribution in [1.82, 2.24) is 5.32 Å². The summed E-state index contributed by atoms with van der Waals surface area (Å²) < 4.78 is 6.78. The first kappa shape index (κ1) is 14.4. The minimum absolute atomic E-state index is 0.0220. The van der Waals surface area contributed by atoms with Gasteiger partial charge in [-0.25, -0.2) is 0 Å². The molecule has 0 unspecified atom stereocenters. The van der Waals surface area contributed by atoms with Crippen molar-refractivity contribution < 1.29 is 14.1 Å². The predicted molar refractivity (Wildman–Crippen MR) is 70.5 cm³/mol. The van der Waals surface area contributed by atoms with E-state index in [4.69, 9.17) is 4.74 Å². The Kier molecular flexibility index (Phi) is 6.14. The van der Waals surface area contributed by atoms with Crippen LogP contribution in [0, 0.1) is 0 Å². The summed E-state index contributed by atoms with van der Waals surface area (Å²) in [7, 11) is 5.63. The molecule has 1 rings (SSSR count). The summed E-state index contributed by atoms with van der Waals surface area (Å²) >= 11 is 0. The Bertz CT molecular complexity index is 363. The van der Waals surface area contributed by atoms with E-state index < -0.39 is 0 Å². The van der Waals surface area contributed by atoms with Gasteiger partial charge < -0.3 is 15.0 Å². The zero-order valence-electron chi connectivity index (χ0n) is 11.3. The summed E-state index contributed by atoms with van der Waals surface area (Å²) in [5.41, 5.74) is 1.12. The number of rotatable bonds is 7. The van der Waals surface area contributed by atoms with Crippen LogP contribution >= 0.6 is 0 Å². The Balaban J connectivity index is 2.35. The second kappa shape index (κ2) is 7.66. The molecule has 1 aromatic rings. The number of ether oxygens (including phenoxy) is 1. The van der Waals surface area contributed by atoms with E-state index in [1.165, 1.54) is 0 Å². The molecule has 1 heterocycles. The normalized spacial score (nSPS) is 10.2. The standard InChI is InChI=1S/C13H21N3O2/c1-15(2)12-5-8-16(9-6-12)11-13(17)14-7-4-10-18-3/h5-6,8-9H,4,7,10-11H2,1-3H3/p+1. The number of pyridine rings is 1. The fourth-order valence-corrected chi connectivity index (χ4v) is 1.52. The van der Waals surface area contributed by atoms with Crippen molar-refractivity contribution in [1.29, 1.82) is 0 Å². The van der Waals surface area contributed by atoms with Crippen molar-refractivity contribution in [2.45, 2.75) is 13.0 Å². The van der Waals surface area contributed by atoms with Gasteiger partial charge in [-0.05, 0) is 6.42 Å². The van der Waals surface area contributed by atoms with Gasteiger partial charge in [-0.2, -0.15) is 4.57 Å². The van der Waals surface area contributed by atoms with Gasteiger partial charge in [-0.1, -0.05) is 0 Å². The lowest BCUT2D eigenvalue weighted by molar-refractivity contribution is -0.684. The summed E-state index contributed by atoms with van der Waals surface area (Å²) in [6, 6.07) is 3.97. The number of nitrogens with one attached hydrogen (secondary N) is 1. The van der Waals surface area contributed by atoms with Crippen LogP contribution in [0.2, 0.25) is 0 Å². The second-order valence-electron chi connectivity index (χ2n) is 4.32. The van der Waals surface area contributed by atoms with Crippen LogP contribution < -0.4 is 14.8 Å². The molecule has 0 aromatic carbocycles. The number of amides is 1. The second-order valence-corrected chi connectivity index (χ2v) is 4.32. The van der Waals surface area contributed by atoms with E-state index in [0.717, 1.165) is 12.1 Å². The highest BCUT2D eigenvalue weighted by Gasteiger charge is 2.08. The van der Waals surface area contributed by atoms with Gasteiger partial charge in [0.05, 0.1) is 0 Å². The molecule has 0 saturated carbocycles. The largest absolute Gasteiger partial charge is 0.385 e. The molecule has 0 aliphatic heterocycles. The average Bonchev–Trinajstić information content (AvgIpc) is 2.35. The van der Waals surface area contributed by atoms with E-state index >= 15 is 0 Å². The zero-order chi connectivity index (χ0) is 13.4. The number of aromatic nitrogens is 1. The van der Waals surface area contributed by atoms with Gasteiger partial charge in [-0.15, -0.1) is 0 Å². The molecule has 1 amide bonds. The van der Waals surface area contributed by atoms with Crippen LogP contribution in [-0.2, 0) is 16.1 Å². The van der Waals surface area contributed by atoms with Gasteiger partial charge in [0.2, 0.25) is 6.54 Å². The van der Waals surface area contributed by atoms with E-state index in [1.807, 2.05) is 48.1 Å². The van der Waals surface area contributed by atoms with Crippen LogP contribution in [0.3, 0.4) is 0 Å². The van der Waals surface area contributed by atoms with Crippen molar-refractivity contribution in [3.05, 3.63) is 24.5 Å². The number of carbonyl (C=O) groups excluding carboxylic acids is 1. The van der Waals surface area contributed by atoms with Gasteiger partial charge in [0, 0.05) is 52.2 Å².